The number of aliphatic hydroxyl groups is 1. The van der Waals surface area contributed by atoms with Gasteiger partial charge >= 0.3 is 0 Å². The zero-order chi connectivity index (χ0) is 27.8. The highest BCUT2D eigenvalue weighted by atomic mass is 16.3. The lowest BCUT2D eigenvalue weighted by Gasteiger charge is -2.58. The quantitative estimate of drug-likeness (QED) is 0.481. The fraction of sp³-hybridized carbons (Fsp3) is 0.926. The molecule has 4 aliphatic carbocycles. The van der Waals surface area contributed by atoms with E-state index in [1.54, 1.807) is 0 Å². The molecule has 0 aromatic carbocycles. The van der Waals surface area contributed by atoms with Crippen molar-refractivity contribution in [3.8, 4) is 0 Å². The van der Waals surface area contributed by atoms with Crippen LogP contribution in [0.1, 0.15) is 117 Å². The predicted molar refractivity (Wildman–Crippen MR) is 119 cm³/mol. The summed E-state index contributed by atoms with van der Waals surface area (Å²) in [5, 5.41) is 10.3. The second-order valence-corrected chi connectivity index (χ2v) is 11.0. The van der Waals surface area contributed by atoms with E-state index in [0.717, 1.165) is 44.9 Å². The van der Waals surface area contributed by atoms with Gasteiger partial charge in [0.15, 0.2) is 0 Å². The molecule has 3 fully saturated rings. The van der Waals surface area contributed by atoms with E-state index < -0.39 is 26.0 Å². The Morgan fingerprint density at radius 3 is 2.82 bits per heavy atom. The van der Waals surface area contributed by atoms with Gasteiger partial charge in [-0.15, -0.1) is 0 Å². The van der Waals surface area contributed by atoms with Crippen molar-refractivity contribution in [1.82, 2.24) is 0 Å². The maximum absolute atomic E-state index is 10.3. The van der Waals surface area contributed by atoms with Gasteiger partial charge in [-0.2, -0.15) is 0 Å². The SMILES string of the molecule is [2H]C([2H])([2H])C([2H])(C([2H])([2H])[2H])C([2H])([2H])CC[C@@H](C)[C@H]1CC[C@H]2[C@@H]3CC=C4C[C@@H](O)CC[C@]4(C)[C@H]3CC[C@]12C. The summed E-state index contributed by atoms with van der Waals surface area (Å²) in [7, 11) is 0. The molecule has 0 aromatic heterocycles. The molecule has 0 aliphatic heterocycles. The summed E-state index contributed by atoms with van der Waals surface area (Å²) >= 11 is 0. The third-order valence-corrected chi connectivity index (χ3v) is 9.74. The summed E-state index contributed by atoms with van der Waals surface area (Å²) in [6, 6.07) is 0. The lowest BCUT2D eigenvalue weighted by Crippen LogP contribution is -2.50. The Morgan fingerprint density at radius 2 is 2.04 bits per heavy atom. The molecule has 0 heterocycles. The Morgan fingerprint density at radius 1 is 1.21 bits per heavy atom. The highest BCUT2D eigenvalue weighted by Crippen LogP contribution is 2.67. The van der Waals surface area contributed by atoms with E-state index in [9.17, 15) is 5.11 Å². The molecule has 0 aromatic rings. The number of allylic oxidation sites excluding steroid dienone is 1. The molecule has 0 amide bonds. The Bertz CT molecular complexity index is 879. The average molecular weight is 396 g/mol. The van der Waals surface area contributed by atoms with Crippen LogP contribution in [0.15, 0.2) is 11.6 Å². The van der Waals surface area contributed by atoms with E-state index >= 15 is 0 Å². The highest BCUT2D eigenvalue weighted by Gasteiger charge is 2.59. The largest absolute Gasteiger partial charge is 0.393 e. The van der Waals surface area contributed by atoms with Gasteiger partial charge < -0.3 is 5.11 Å². The first-order valence-corrected chi connectivity index (χ1v) is 11.7. The first kappa shape index (κ1) is 12.5. The summed E-state index contributed by atoms with van der Waals surface area (Å²) in [5.74, 6) is -0.809. The van der Waals surface area contributed by atoms with Crippen LogP contribution in [0.2, 0.25) is 0 Å². The van der Waals surface area contributed by atoms with Gasteiger partial charge in [-0.05, 0) is 97.7 Å². The molecule has 0 spiro atoms. The van der Waals surface area contributed by atoms with Crippen molar-refractivity contribution in [1.29, 1.82) is 0 Å². The standard InChI is InChI=1S/C27H46O/c1-18(2)7-6-8-19(3)23-11-12-24-22-10-9-20-17-21(28)13-15-26(20,4)25(22)14-16-27(23,24)5/h9,18-19,21-25,28H,6-8,10-17H2,1-5H3/t19-,21+,22+,23-,24+,25+,26+,27-/m1/s1/i1D3,2D3,7D2,18D. The number of hydrogen-bond acceptors (Lipinski definition) is 1. The third kappa shape index (κ3) is 3.42. The van der Waals surface area contributed by atoms with E-state index in [1.165, 1.54) is 12.0 Å². The fourth-order valence-electron chi connectivity index (χ4n) is 8.24. The lowest BCUT2D eigenvalue weighted by molar-refractivity contribution is -0.0573. The first-order valence-electron chi connectivity index (χ1n) is 16.2. The molecular weight excluding hydrogens is 340 g/mol. The Labute approximate surface area is 187 Å². The molecule has 3 saturated carbocycles. The minimum Gasteiger partial charge on any atom is -0.393 e. The van der Waals surface area contributed by atoms with Gasteiger partial charge in [-0.1, -0.05) is 65.3 Å². The number of aliphatic hydroxyl groups excluding tert-OH is 1. The molecule has 0 unspecified atom stereocenters. The minimum atomic E-state index is -3.26. The molecule has 8 atom stereocenters. The maximum atomic E-state index is 10.3. The molecular formula is C27H46O. The van der Waals surface area contributed by atoms with Crippen molar-refractivity contribution < 1.29 is 17.4 Å². The van der Waals surface area contributed by atoms with Crippen LogP contribution in [0.3, 0.4) is 0 Å². The van der Waals surface area contributed by atoms with Crippen LogP contribution in [-0.2, 0) is 0 Å². The van der Waals surface area contributed by atoms with Crippen molar-refractivity contribution in [3.05, 3.63) is 11.6 Å². The van der Waals surface area contributed by atoms with E-state index in [0.29, 0.717) is 30.1 Å². The molecule has 1 N–H and O–H groups in total. The van der Waals surface area contributed by atoms with Gasteiger partial charge in [0.25, 0.3) is 0 Å². The van der Waals surface area contributed by atoms with Crippen molar-refractivity contribution in [2.45, 2.75) is 111 Å². The number of rotatable bonds is 5. The zero-order valence-corrected chi connectivity index (χ0v) is 18.1. The van der Waals surface area contributed by atoms with Crippen molar-refractivity contribution >= 4 is 0 Å². The van der Waals surface area contributed by atoms with Gasteiger partial charge in [0.1, 0.15) is 0 Å². The van der Waals surface area contributed by atoms with Gasteiger partial charge in [0.05, 0.1) is 6.10 Å². The summed E-state index contributed by atoms with van der Waals surface area (Å²) in [6.07, 6.45) is 8.00. The summed E-state index contributed by atoms with van der Waals surface area (Å²) in [5.41, 5.74) is 1.78. The Hall–Kier alpha value is -0.300. The smallest absolute Gasteiger partial charge is 0.0577 e. The topological polar surface area (TPSA) is 20.2 Å². The lowest BCUT2D eigenvalue weighted by atomic mass is 9.47. The third-order valence-electron chi connectivity index (χ3n) is 9.74. The molecule has 160 valence electrons. The molecule has 4 aliphatic rings. The van der Waals surface area contributed by atoms with Crippen molar-refractivity contribution in [2.24, 2.45) is 46.3 Å². The van der Waals surface area contributed by atoms with E-state index in [4.69, 9.17) is 12.3 Å². The van der Waals surface area contributed by atoms with Crippen LogP contribution < -0.4 is 0 Å². The molecule has 1 heteroatoms. The Kier molecular flexibility index (Phi) is 3.47. The molecule has 0 radical (unpaired) electrons. The normalized spacial score (nSPS) is 53.1. The average Bonchev–Trinajstić information content (AvgIpc) is 3.13. The summed E-state index contributed by atoms with van der Waals surface area (Å²) in [4.78, 5) is 0. The highest BCUT2D eigenvalue weighted by molar-refractivity contribution is 5.25. The first-order chi connectivity index (χ1) is 16.8. The van der Waals surface area contributed by atoms with Crippen molar-refractivity contribution in [2.75, 3.05) is 0 Å². The minimum absolute atomic E-state index is 0.120. The van der Waals surface area contributed by atoms with Gasteiger partial charge in [0, 0.05) is 12.3 Å². The summed E-state index contributed by atoms with van der Waals surface area (Å²) < 4.78 is 71.5. The van der Waals surface area contributed by atoms with Crippen LogP contribution in [-0.4, -0.2) is 11.2 Å². The van der Waals surface area contributed by atoms with Crippen LogP contribution in [0.4, 0.5) is 0 Å². The van der Waals surface area contributed by atoms with Crippen LogP contribution in [0.5, 0.6) is 0 Å². The van der Waals surface area contributed by atoms with Crippen LogP contribution in [0, 0.1) is 46.3 Å². The van der Waals surface area contributed by atoms with E-state index in [1.807, 2.05) is 0 Å². The number of fused-ring (bicyclic) bond motifs is 5. The van der Waals surface area contributed by atoms with Crippen LogP contribution >= 0.6 is 0 Å². The zero-order valence-electron chi connectivity index (χ0n) is 27.1. The molecule has 4 rings (SSSR count). The van der Waals surface area contributed by atoms with Gasteiger partial charge in [0.2, 0.25) is 0 Å². The monoisotopic (exact) mass is 395 g/mol. The summed E-state index contributed by atoms with van der Waals surface area (Å²) in [6.45, 7) is 0.422. The second-order valence-electron chi connectivity index (χ2n) is 11.0. The van der Waals surface area contributed by atoms with E-state index in [2.05, 4.69) is 26.8 Å². The number of hydrogen-bond donors (Lipinski definition) is 1. The van der Waals surface area contributed by atoms with Gasteiger partial charge in [-0.3, -0.25) is 0 Å². The molecule has 28 heavy (non-hydrogen) atoms. The molecule has 0 bridgehead atoms. The van der Waals surface area contributed by atoms with Gasteiger partial charge in [-0.25, -0.2) is 0 Å². The fourth-order valence-corrected chi connectivity index (χ4v) is 8.24. The second kappa shape index (κ2) is 7.75. The maximum Gasteiger partial charge on any atom is 0.0577 e. The van der Waals surface area contributed by atoms with E-state index in [-0.39, 0.29) is 29.3 Å². The van der Waals surface area contributed by atoms with Crippen molar-refractivity contribution in [3.63, 3.8) is 0 Å². The van der Waals surface area contributed by atoms with Crippen LogP contribution in [0.25, 0.3) is 0 Å². The predicted octanol–water partition coefficient (Wildman–Crippen LogP) is 7.39. The molecule has 1 nitrogen and oxygen atoms in total. The Balaban J connectivity index is 1.49. The molecule has 0 saturated heterocycles.